The summed E-state index contributed by atoms with van der Waals surface area (Å²) in [5.41, 5.74) is 0. The first kappa shape index (κ1) is 15.4. The Bertz CT molecular complexity index is 627. The van der Waals surface area contributed by atoms with Gasteiger partial charge in [0.1, 0.15) is 0 Å². The van der Waals surface area contributed by atoms with Crippen molar-refractivity contribution >= 4 is 73.3 Å². The molecule has 2 aromatic rings. The summed E-state index contributed by atoms with van der Waals surface area (Å²) in [5.74, 6) is 0. The lowest BCUT2D eigenvalue weighted by Gasteiger charge is -1.84. The Morgan fingerprint density at radius 3 is 0.556 bits per heavy atom. The first-order valence-electron chi connectivity index (χ1n) is 4.22. The van der Waals surface area contributed by atoms with Crippen LogP contribution in [-0.2, 0) is 0 Å². The normalized spacial score (nSPS) is 9.33. The summed E-state index contributed by atoms with van der Waals surface area (Å²) in [6.07, 6.45) is 0. The minimum atomic E-state index is 0.448. The molecule has 0 radical (unpaired) electrons. The second-order valence-electron chi connectivity index (χ2n) is 2.72. The van der Waals surface area contributed by atoms with Gasteiger partial charge in [-0.1, -0.05) is 0 Å². The molecular formula is C6H6N6S6. The Morgan fingerprint density at radius 1 is 0.333 bits per heavy atom. The molecule has 0 amide bonds. The molecule has 0 fully saturated rings. The smallest absolute Gasteiger partial charge is 0.178 e. The van der Waals surface area contributed by atoms with Crippen LogP contribution < -0.4 is 0 Å². The molecule has 0 spiro atoms. The molecule has 6 N–H and O–H groups in total. The highest BCUT2D eigenvalue weighted by molar-refractivity contribution is 7.72. The molecule has 0 aliphatic heterocycles. The van der Waals surface area contributed by atoms with Crippen molar-refractivity contribution in [1.82, 2.24) is 29.9 Å². The van der Waals surface area contributed by atoms with Crippen LogP contribution in [0.3, 0.4) is 0 Å². The lowest BCUT2D eigenvalue weighted by atomic mass is 11.1. The van der Waals surface area contributed by atoms with Crippen molar-refractivity contribution in [3.05, 3.63) is 28.6 Å². The lowest BCUT2D eigenvalue weighted by molar-refractivity contribution is 0.983. The molecule has 2 heterocycles. The van der Waals surface area contributed by atoms with Crippen LogP contribution in [0, 0.1) is 28.6 Å². The van der Waals surface area contributed by atoms with Crippen molar-refractivity contribution in [2.24, 2.45) is 0 Å². The number of aromatic nitrogens is 6. The highest BCUT2D eigenvalue weighted by atomic mass is 32.1. The third-order valence-corrected chi connectivity index (χ3v) is 2.59. The van der Waals surface area contributed by atoms with Gasteiger partial charge in [0, 0.05) is 0 Å². The maximum atomic E-state index is 4.72. The number of hydrogen-bond donors (Lipinski definition) is 6. The highest BCUT2D eigenvalue weighted by Gasteiger charge is 1.76. The summed E-state index contributed by atoms with van der Waals surface area (Å²) in [7, 11) is 0. The number of hydrogen-bond acceptors (Lipinski definition) is 6. The van der Waals surface area contributed by atoms with Crippen molar-refractivity contribution in [3.63, 3.8) is 0 Å². The molecule has 0 saturated heterocycles. The van der Waals surface area contributed by atoms with Gasteiger partial charge >= 0.3 is 0 Å². The summed E-state index contributed by atoms with van der Waals surface area (Å²) in [5, 5.41) is 0. The summed E-state index contributed by atoms with van der Waals surface area (Å²) in [4.78, 5) is 16.0. The zero-order valence-electron chi connectivity index (χ0n) is 8.45. The first-order chi connectivity index (χ1) is 8.36. The van der Waals surface area contributed by atoms with E-state index in [4.69, 9.17) is 73.3 Å². The second kappa shape index (κ2) is 7.06. The molecule has 18 heavy (non-hydrogen) atoms. The molecular weight excluding hydrogens is 349 g/mol. The zero-order valence-corrected chi connectivity index (χ0v) is 13.3. The van der Waals surface area contributed by atoms with Crippen LogP contribution in [0.25, 0.3) is 0 Å². The summed E-state index contributed by atoms with van der Waals surface area (Å²) < 4.78 is 2.69. The monoisotopic (exact) mass is 354 g/mol. The summed E-state index contributed by atoms with van der Waals surface area (Å²) >= 11 is 28.3. The SMILES string of the molecule is S=c1[nH]c(=S)[nH]c(=S)[nH]1.S=c1[nH]c(=S)[nH]c(=S)[nH]1. The average molecular weight is 355 g/mol. The molecule has 2 rings (SSSR count). The molecule has 12 heteroatoms. The van der Waals surface area contributed by atoms with Crippen LogP contribution in [0.1, 0.15) is 0 Å². The van der Waals surface area contributed by atoms with E-state index in [0.29, 0.717) is 28.6 Å². The van der Waals surface area contributed by atoms with E-state index in [1.165, 1.54) is 0 Å². The molecule has 96 valence electrons. The van der Waals surface area contributed by atoms with E-state index >= 15 is 0 Å². The molecule has 0 unspecified atom stereocenters. The number of nitrogens with one attached hydrogen (secondary N) is 6. The van der Waals surface area contributed by atoms with E-state index in [1.54, 1.807) is 0 Å². The maximum Gasteiger partial charge on any atom is 0.178 e. The van der Waals surface area contributed by atoms with Crippen LogP contribution >= 0.6 is 73.3 Å². The molecule has 0 aliphatic carbocycles. The predicted octanol–water partition coefficient (Wildman–Crippen LogP) is 3.72. The van der Waals surface area contributed by atoms with Gasteiger partial charge in [-0.25, -0.2) is 0 Å². The quantitative estimate of drug-likeness (QED) is 0.404. The van der Waals surface area contributed by atoms with Crippen LogP contribution in [-0.4, -0.2) is 29.9 Å². The number of rotatable bonds is 0. The van der Waals surface area contributed by atoms with Crippen molar-refractivity contribution in [1.29, 1.82) is 0 Å². The molecule has 0 aromatic carbocycles. The van der Waals surface area contributed by atoms with Gasteiger partial charge in [-0.3, -0.25) is 0 Å². The van der Waals surface area contributed by atoms with Crippen LogP contribution in [0.5, 0.6) is 0 Å². The van der Waals surface area contributed by atoms with E-state index in [2.05, 4.69) is 29.9 Å². The van der Waals surface area contributed by atoms with Crippen molar-refractivity contribution in [2.45, 2.75) is 0 Å². The van der Waals surface area contributed by atoms with Crippen LogP contribution in [0.15, 0.2) is 0 Å². The third-order valence-electron chi connectivity index (χ3n) is 1.36. The molecule has 0 aliphatic rings. The molecule has 6 nitrogen and oxygen atoms in total. The largest absolute Gasteiger partial charge is 0.309 e. The van der Waals surface area contributed by atoms with E-state index < -0.39 is 0 Å². The van der Waals surface area contributed by atoms with Gasteiger partial charge in [0.25, 0.3) is 0 Å². The second-order valence-corrected chi connectivity index (χ2v) is 5.17. The lowest BCUT2D eigenvalue weighted by Crippen LogP contribution is -1.86. The fraction of sp³-hybridized carbons (Fsp3) is 0. The first-order valence-corrected chi connectivity index (χ1v) is 6.67. The van der Waals surface area contributed by atoms with Gasteiger partial charge in [-0.2, -0.15) is 0 Å². The Hall–Kier alpha value is -0.660. The topological polar surface area (TPSA) is 94.7 Å². The van der Waals surface area contributed by atoms with Crippen molar-refractivity contribution in [3.8, 4) is 0 Å². The minimum absolute atomic E-state index is 0.448. The van der Waals surface area contributed by atoms with Gasteiger partial charge in [-0.15, -0.1) is 0 Å². The van der Waals surface area contributed by atoms with E-state index in [9.17, 15) is 0 Å². The Kier molecular flexibility index (Phi) is 6.04. The fourth-order valence-electron chi connectivity index (χ4n) is 0.806. The average Bonchev–Trinajstić information content (AvgIpc) is 2.12. The van der Waals surface area contributed by atoms with Gasteiger partial charge in [0.15, 0.2) is 28.6 Å². The molecule has 0 saturated carbocycles. The summed E-state index contributed by atoms with van der Waals surface area (Å²) in [6.45, 7) is 0. The predicted molar refractivity (Wildman–Crippen MR) is 84.0 cm³/mol. The van der Waals surface area contributed by atoms with Crippen molar-refractivity contribution < 1.29 is 0 Å². The van der Waals surface area contributed by atoms with Gasteiger partial charge < -0.3 is 29.9 Å². The van der Waals surface area contributed by atoms with Crippen LogP contribution in [0.4, 0.5) is 0 Å². The third kappa shape index (κ3) is 5.79. The minimum Gasteiger partial charge on any atom is -0.309 e. The van der Waals surface area contributed by atoms with Gasteiger partial charge in [0.2, 0.25) is 0 Å². The van der Waals surface area contributed by atoms with E-state index in [1.807, 2.05) is 0 Å². The van der Waals surface area contributed by atoms with E-state index in [-0.39, 0.29) is 0 Å². The number of H-pyrrole nitrogens is 6. The number of aromatic amines is 6. The Labute approximate surface area is 131 Å². The highest BCUT2D eigenvalue weighted by Crippen LogP contribution is 1.80. The zero-order chi connectivity index (χ0) is 13.7. The van der Waals surface area contributed by atoms with E-state index in [0.717, 1.165) is 0 Å². The van der Waals surface area contributed by atoms with Crippen LogP contribution in [0.2, 0.25) is 0 Å². The maximum absolute atomic E-state index is 4.72. The van der Waals surface area contributed by atoms with Gasteiger partial charge in [-0.05, 0) is 73.3 Å². The Morgan fingerprint density at radius 2 is 0.444 bits per heavy atom. The fourth-order valence-corrected chi connectivity index (χ4v) is 2.42. The standard InChI is InChI=1S/2C3H3N3S3/c2*7-1-4-2(8)6-3(9)5-1/h2*(H3,4,5,6,7,8,9). The molecule has 2 aromatic heterocycles. The molecule has 0 atom stereocenters. The van der Waals surface area contributed by atoms with Crippen molar-refractivity contribution in [2.75, 3.05) is 0 Å². The summed E-state index contributed by atoms with van der Waals surface area (Å²) in [6, 6.07) is 0. The molecule has 0 bridgehead atoms. The van der Waals surface area contributed by atoms with Gasteiger partial charge in [0.05, 0.1) is 0 Å². The Balaban J connectivity index is 0.000000180.